The molecule has 0 aliphatic carbocycles. The van der Waals surface area contributed by atoms with Crippen LogP contribution in [0.1, 0.15) is 1.43 Å². The lowest BCUT2D eigenvalue weighted by atomic mass is 10.8. The van der Waals surface area contributed by atoms with Gasteiger partial charge < -0.3 is 0 Å². The smallest absolute Gasteiger partial charge is 0.285 e. The van der Waals surface area contributed by atoms with Gasteiger partial charge in [0, 0.05) is 6.20 Å². The standard InChI is InChI=1S/C3H3N2/c1-2-4-5-3-1/h1-2H,(H,4,5)/p+1. The topological polar surface area (TPSA) is 28.7 Å². The molecule has 0 atom stereocenters. The third kappa shape index (κ3) is 0.265. The molecule has 1 rings (SSSR count). The quantitative estimate of drug-likeness (QED) is 0.466. The van der Waals surface area contributed by atoms with Crippen LogP contribution in [0.2, 0.25) is 0 Å². The molecule has 0 unspecified atom stereocenters. The predicted molar refractivity (Wildman–Crippen MR) is 18.5 cm³/mol. The van der Waals surface area contributed by atoms with Gasteiger partial charge in [0.2, 0.25) is 0 Å². The average Bonchev–Trinajstić information content (AvgIpc) is 1.76. The first-order chi connectivity index (χ1) is 2.50. The molecule has 0 aliphatic heterocycles. The molecule has 1 N–H and O–H groups in total. The first kappa shape index (κ1) is 2.45. The van der Waals surface area contributed by atoms with E-state index < -0.39 is 0 Å². The van der Waals surface area contributed by atoms with Crippen molar-refractivity contribution in [2.24, 2.45) is 0 Å². The molecule has 0 fully saturated rings. The van der Waals surface area contributed by atoms with Crippen LogP contribution in [-0.4, -0.2) is 10.2 Å². The van der Waals surface area contributed by atoms with Gasteiger partial charge in [0.15, 0.2) is 0 Å². The summed E-state index contributed by atoms with van der Waals surface area (Å²) in [6, 6.07) is 1.71. The lowest BCUT2D eigenvalue weighted by Crippen LogP contribution is -1.54. The minimum Gasteiger partial charge on any atom is -0.285 e. The summed E-state index contributed by atoms with van der Waals surface area (Å²) >= 11 is 0. The van der Waals surface area contributed by atoms with Gasteiger partial charge in [0.25, 0.3) is 0 Å². The van der Waals surface area contributed by atoms with Gasteiger partial charge in [-0.2, -0.15) is 5.10 Å². The number of aromatic nitrogens is 2. The molecule has 0 spiro atoms. The molecule has 0 amide bonds. The normalized spacial score (nSPS) is 8.00. The molecule has 0 saturated heterocycles. The number of hydrogen-bond donors (Lipinski definition) is 1. The highest BCUT2D eigenvalue weighted by Gasteiger charge is 1.58. The molecule has 2 nitrogen and oxygen atoms in total. The number of H-pyrrole nitrogens is 1. The van der Waals surface area contributed by atoms with Crippen LogP contribution in [0.4, 0.5) is 0 Å². The van der Waals surface area contributed by atoms with Crippen molar-refractivity contribution in [1.29, 1.82) is 0 Å². The zero-order chi connectivity index (χ0) is 3.54. The molecular weight excluding hydrogens is 64.0 g/mol. The first-order valence-electron chi connectivity index (χ1n) is 1.36. The first-order valence-corrected chi connectivity index (χ1v) is 1.36. The second-order valence-corrected chi connectivity index (χ2v) is 0.703. The van der Waals surface area contributed by atoms with Crippen LogP contribution in [0.5, 0.6) is 0 Å². The van der Waals surface area contributed by atoms with Crippen LogP contribution < -0.4 is 0 Å². The number of aromatic amines is 1. The van der Waals surface area contributed by atoms with Crippen molar-refractivity contribution in [2.75, 3.05) is 0 Å². The summed E-state index contributed by atoms with van der Waals surface area (Å²) < 4.78 is 0. The monoisotopic (exact) mass is 68.0 g/mol. The van der Waals surface area contributed by atoms with Gasteiger partial charge in [-0.3, -0.25) is 5.10 Å². The number of hydrogen-bond acceptors (Lipinski definition) is 1. The Hall–Kier alpha value is -0.790. The summed E-state index contributed by atoms with van der Waals surface area (Å²) in [5.74, 6) is 0. The Labute approximate surface area is 31.3 Å². The third-order valence-corrected chi connectivity index (χ3v) is 0.362. The van der Waals surface area contributed by atoms with Gasteiger partial charge in [-0.1, -0.05) is 0 Å². The summed E-state index contributed by atoms with van der Waals surface area (Å²) in [6.07, 6.45) is 4.26. The number of rotatable bonds is 0. The van der Waals surface area contributed by atoms with Crippen molar-refractivity contribution in [3.63, 3.8) is 0 Å². The number of nitrogens with one attached hydrogen (secondary N) is 1. The number of nitrogens with zero attached hydrogens (tertiary/aromatic N) is 1. The fraction of sp³-hybridized carbons (Fsp3) is 0. The maximum Gasteiger partial charge on any atom is 1.00 e. The second-order valence-electron chi connectivity index (χ2n) is 0.703. The zero-order valence-corrected chi connectivity index (χ0v) is 2.60. The molecule has 0 saturated carbocycles. The predicted octanol–water partition coefficient (Wildman–Crippen LogP) is 0.322. The van der Waals surface area contributed by atoms with E-state index in [0.717, 1.165) is 0 Å². The Bertz CT molecular complexity index is 65.3. The van der Waals surface area contributed by atoms with Crippen LogP contribution in [0.15, 0.2) is 12.3 Å². The molecule has 0 aliphatic rings. The second kappa shape index (κ2) is 0.885. The van der Waals surface area contributed by atoms with E-state index in [-0.39, 0.29) is 1.43 Å². The Morgan fingerprint density at radius 3 is 3.20 bits per heavy atom. The fourth-order valence-corrected chi connectivity index (χ4v) is 0.186. The summed E-state index contributed by atoms with van der Waals surface area (Å²) in [4.78, 5) is 0. The molecule has 1 aromatic heterocycles. The van der Waals surface area contributed by atoms with E-state index >= 15 is 0 Å². The minimum atomic E-state index is 0. The molecule has 5 heavy (non-hydrogen) atoms. The van der Waals surface area contributed by atoms with Gasteiger partial charge in [0.05, 0.1) is 0 Å². The summed E-state index contributed by atoms with van der Waals surface area (Å²) in [5, 5.41) is 6.03. The van der Waals surface area contributed by atoms with Gasteiger partial charge in [-0.05, 0) is 6.07 Å². The highest BCUT2D eigenvalue weighted by molar-refractivity contribution is 4.69. The van der Waals surface area contributed by atoms with Crippen LogP contribution in [0.3, 0.4) is 0 Å². The lowest BCUT2D eigenvalue weighted by Gasteiger charge is -1.48. The van der Waals surface area contributed by atoms with Crippen molar-refractivity contribution < 1.29 is 1.43 Å². The SMILES string of the molecule is [H+].[c]1cc[nH]n1. The van der Waals surface area contributed by atoms with Crippen LogP contribution in [0, 0.1) is 6.20 Å². The van der Waals surface area contributed by atoms with E-state index in [1.54, 1.807) is 12.3 Å². The Morgan fingerprint density at radius 1 is 2.00 bits per heavy atom. The molecule has 0 aromatic carbocycles. The van der Waals surface area contributed by atoms with Gasteiger partial charge in [-0.25, -0.2) is 0 Å². The molecule has 1 radical (unpaired) electrons. The summed E-state index contributed by atoms with van der Waals surface area (Å²) in [5.41, 5.74) is 0. The minimum absolute atomic E-state index is 0. The lowest BCUT2D eigenvalue weighted by molar-refractivity contribution is 1.08. The van der Waals surface area contributed by atoms with Crippen molar-refractivity contribution in [2.45, 2.75) is 0 Å². The maximum absolute atomic E-state index is 3.47. The summed E-state index contributed by atoms with van der Waals surface area (Å²) in [7, 11) is 0. The van der Waals surface area contributed by atoms with E-state index in [0.29, 0.717) is 0 Å². The van der Waals surface area contributed by atoms with E-state index in [4.69, 9.17) is 0 Å². The molecule has 1 heterocycles. The fourth-order valence-electron chi connectivity index (χ4n) is 0.186. The third-order valence-electron chi connectivity index (χ3n) is 0.362. The van der Waals surface area contributed by atoms with Crippen LogP contribution in [-0.2, 0) is 0 Å². The summed E-state index contributed by atoms with van der Waals surface area (Å²) in [6.45, 7) is 0. The van der Waals surface area contributed by atoms with E-state index in [1.165, 1.54) is 0 Å². The molecular formula is C3H4N2+. The highest BCUT2D eigenvalue weighted by Crippen LogP contribution is 1.62. The van der Waals surface area contributed by atoms with E-state index in [9.17, 15) is 0 Å². The average molecular weight is 68.1 g/mol. The maximum atomic E-state index is 3.47. The highest BCUT2D eigenvalue weighted by atomic mass is 15.1. The van der Waals surface area contributed by atoms with Crippen molar-refractivity contribution in [1.82, 2.24) is 10.2 Å². The van der Waals surface area contributed by atoms with Gasteiger partial charge >= 0.3 is 1.43 Å². The van der Waals surface area contributed by atoms with E-state index in [1.807, 2.05) is 0 Å². The Balaban J connectivity index is 0.000000250. The largest absolute Gasteiger partial charge is 1.00 e. The Morgan fingerprint density at radius 2 is 3.00 bits per heavy atom. The van der Waals surface area contributed by atoms with Crippen molar-refractivity contribution in [3.05, 3.63) is 18.5 Å². The zero-order valence-electron chi connectivity index (χ0n) is 3.60. The molecule has 1 aromatic rings. The van der Waals surface area contributed by atoms with Crippen LogP contribution >= 0.6 is 0 Å². The van der Waals surface area contributed by atoms with Crippen molar-refractivity contribution >= 4 is 0 Å². The van der Waals surface area contributed by atoms with E-state index in [2.05, 4.69) is 16.4 Å². The Kier molecular flexibility index (Phi) is 0.433. The van der Waals surface area contributed by atoms with Gasteiger partial charge in [-0.15, -0.1) is 0 Å². The van der Waals surface area contributed by atoms with Crippen LogP contribution in [0.25, 0.3) is 0 Å². The van der Waals surface area contributed by atoms with Gasteiger partial charge in [0.1, 0.15) is 6.20 Å². The molecule has 0 bridgehead atoms. The molecule has 25 valence electrons. The molecule has 2 heteroatoms. The van der Waals surface area contributed by atoms with Crippen molar-refractivity contribution in [3.8, 4) is 0 Å².